The van der Waals surface area contributed by atoms with Gasteiger partial charge in [-0.15, -0.1) is 0 Å². The predicted molar refractivity (Wildman–Crippen MR) is 82.1 cm³/mol. The predicted octanol–water partition coefficient (Wildman–Crippen LogP) is 3.76. The molecular formula is C17H18N2O2. The summed E-state index contributed by atoms with van der Waals surface area (Å²) in [5.41, 5.74) is 3.89. The average molecular weight is 282 g/mol. The van der Waals surface area contributed by atoms with Gasteiger partial charge in [0.25, 0.3) is 5.69 Å². The van der Waals surface area contributed by atoms with Gasteiger partial charge in [-0.05, 0) is 36.0 Å². The molecule has 21 heavy (non-hydrogen) atoms. The number of nitrogens with one attached hydrogen (secondary N) is 1. The van der Waals surface area contributed by atoms with Crippen LogP contribution in [0.25, 0.3) is 0 Å². The molecule has 0 fully saturated rings. The average Bonchev–Trinajstić information content (AvgIpc) is 2.53. The topological polar surface area (TPSA) is 55.2 Å². The molecule has 0 spiro atoms. The van der Waals surface area contributed by atoms with Gasteiger partial charge in [0, 0.05) is 24.7 Å². The van der Waals surface area contributed by atoms with Gasteiger partial charge in [0.15, 0.2) is 0 Å². The van der Waals surface area contributed by atoms with Crippen LogP contribution in [0.15, 0.2) is 48.5 Å². The van der Waals surface area contributed by atoms with Crippen LogP contribution in [0.3, 0.4) is 0 Å². The molecule has 2 aromatic rings. The highest BCUT2D eigenvalue weighted by molar-refractivity contribution is 5.35. The van der Waals surface area contributed by atoms with Crippen molar-refractivity contribution in [2.24, 2.45) is 0 Å². The van der Waals surface area contributed by atoms with E-state index in [0.717, 1.165) is 18.4 Å². The Labute approximate surface area is 124 Å². The van der Waals surface area contributed by atoms with Crippen LogP contribution >= 0.6 is 0 Å². The van der Waals surface area contributed by atoms with Gasteiger partial charge in [-0.1, -0.05) is 36.4 Å². The largest absolute Gasteiger partial charge is 0.306 e. The lowest BCUT2D eigenvalue weighted by molar-refractivity contribution is -0.384. The van der Waals surface area contributed by atoms with E-state index in [2.05, 4.69) is 29.6 Å². The van der Waals surface area contributed by atoms with Gasteiger partial charge in [-0.2, -0.15) is 0 Å². The number of non-ortho nitro benzene ring substituents is 1. The minimum Gasteiger partial charge on any atom is -0.306 e. The molecule has 3 rings (SSSR count). The van der Waals surface area contributed by atoms with Crippen LogP contribution in [0.5, 0.6) is 0 Å². The highest BCUT2D eigenvalue weighted by atomic mass is 16.6. The molecule has 0 unspecified atom stereocenters. The molecule has 2 aromatic carbocycles. The Bertz CT molecular complexity index is 655. The van der Waals surface area contributed by atoms with Gasteiger partial charge in [0.1, 0.15) is 0 Å². The summed E-state index contributed by atoms with van der Waals surface area (Å²) in [5.74, 6) is 0. The zero-order chi connectivity index (χ0) is 14.7. The first-order valence-corrected chi connectivity index (χ1v) is 7.28. The van der Waals surface area contributed by atoms with E-state index < -0.39 is 0 Å². The van der Waals surface area contributed by atoms with Gasteiger partial charge in [0.05, 0.1) is 4.92 Å². The smallest absolute Gasteiger partial charge is 0.269 e. The van der Waals surface area contributed by atoms with E-state index >= 15 is 0 Å². The van der Waals surface area contributed by atoms with Crippen molar-refractivity contribution in [2.45, 2.75) is 31.8 Å². The van der Waals surface area contributed by atoms with Gasteiger partial charge >= 0.3 is 0 Å². The first-order chi connectivity index (χ1) is 10.2. The van der Waals surface area contributed by atoms with Crippen LogP contribution in [-0.2, 0) is 13.0 Å². The molecule has 4 nitrogen and oxygen atoms in total. The maximum Gasteiger partial charge on any atom is 0.269 e. The summed E-state index contributed by atoms with van der Waals surface area (Å²) < 4.78 is 0. The monoisotopic (exact) mass is 282 g/mol. The summed E-state index contributed by atoms with van der Waals surface area (Å²) >= 11 is 0. The van der Waals surface area contributed by atoms with Gasteiger partial charge in [-0.3, -0.25) is 10.1 Å². The molecule has 1 aliphatic carbocycles. The molecule has 0 bridgehead atoms. The summed E-state index contributed by atoms with van der Waals surface area (Å²) in [6.45, 7) is 0.653. The summed E-state index contributed by atoms with van der Waals surface area (Å²) in [7, 11) is 0. The second kappa shape index (κ2) is 6.06. The first-order valence-electron chi connectivity index (χ1n) is 7.28. The van der Waals surface area contributed by atoms with Crippen molar-refractivity contribution >= 4 is 5.69 Å². The Kier molecular flexibility index (Phi) is 3.97. The number of rotatable bonds is 4. The van der Waals surface area contributed by atoms with Crippen molar-refractivity contribution < 1.29 is 4.92 Å². The van der Waals surface area contributed by atoms with Gasteiger partial charge in [0.2, 0.25) is 0 Å². The third-order valence-electron chi connectivity index (χ3n) is 4.04. The number of nitro benzene ring substituents is 1. The van der Waals surface area contributed by atoms with E-state index in [0.29, 0.717) is 12.6 Å². The quantitative estimate of drug-likeness (QED) is 0.686. The maximum atomic E-state index is 10.8. The number of hydrogen-bond donors (Lipinski definition) is 1. The van der Waals surface area contributed by atoms with Crippen molar-refractivity contribution in [2.75, 3.05) is 0 Å². The standard InChI is InChI=1S/C17H18N2O2/c20-19(21)15-8-3-5-13(11-15)12-18-17-10-4-7-14-6-1-2-9-16(14)17/h1-3,5-6,8-9,11,17-18H,4,7,10,12H2/t17-/m0/s1. The van der Waals surface area contributed by atoms with Crippen molar-refractivity contribution in [1.29, 1.82) is 0 Å². The van der Waals surface area contributed by atoms with Crippen LogP contribution in [0.4, 0.5) is 5.69 Å². The fourth-order valence-electron chi connectivity index (χ4n) is 2.99. The Morgan fingerprint density at radius 1 is 1.19 bits per heavy atom. The SMILES string of the molecule is O=[N+]([O-])c1cccc(CN[C@H]2CCCc3ccccc32)c1. The normalized spacial score (nSPS) is 17.2. The molecule has 0 saturated heterocycles. The van der Waals surface area contributed by atoms with Crippen LogP contribution in [0.1, 0.15) is 35.6 Å². The maximum absolute atomic E-state index is 10.8. The zero-order valence-electron chi connectivity index (χ0n) is 11.8. The second-order valence-corrected chi connectivity index (χ2v) is 5.45. The van der Waals surface area contributed by atoms with Crippen molar-refractivity contribution in [3.05, 3.63) is 75.3 Å². The summed E-state index contributed by atoms with van der Waals surface area (Å²) in [4.78, 5) is 10.5. The number of aryl methyl sites for hydroxylation is 1. The molecule has 0 saturated carbocycles. The van der Waals surface area contributed by atoms with Crippen LogP contribution < -0.4 is 5.32 Å². The van der Waals surface area contributed by atoms with Crippen LogP contribution in [0, 0.1) is 10.1 Å². The van der Waals surface area contributed by atoms with E-state index in [9.17, 15) is 10.1 Å². The number of nitro groups is 1. The Morgan fingerprint density at radius 2 is 2.05 bits per heavy atom. The third kappa shape index (κ3) is 3.11. The Hall–Kier alpha value is -2.20. The van der Waals surface area contributed by atoms with Crippen LogP contribution in [0.2, 0.25) is 0 Å². The minimum absolute atomic E-state index is 0.151. The molecule has 1 N–H and O–H groups in total. The molecule has 108 valence electrons. The molecule has 0 amide bonds. The number of hydrogen-bond acceptors (Lipinski definition) is 3. The highest BCUT2D eigenvalue weighted by Gasteiger charge is 2.19. The summed E-state index contributed by atoms with van der Waals surface area (Å²) in [5, 5.41) is 14.3. The Balaban J connectivity index is 1.71. The van der Waals surface area contributed by atoms with Crippen LogP contribution in [-0.4, -0.2) is 4.92 Å². The molecule has 1 aliphatic rings. The van der Waals surface area contributed by atoms with E-state index in [1.54, 1.807) is 12.1 Å². The zero-order valence-corrected chi connectivity index (χ0v) is 11.8. The molecule has 0 aliphatic heterocycles. The van der Waals surface area contributed by atoms with Gasteiger partial charge < -0.3 is 5.32 Å². The molecule has 1 atom stereocenters. The van der Waals surface area contributed by atoms with E-state index in [1.165, 1.54) is 23.6 Å². The van der Waals surface area contributed by atoms with Crippen molar-refractivity contribution in [3.63, 3.8) is 0 Å². The Morgan fingerprint density at radius 3 is 2.90 bits per heavy atom. The number of fused-ring (bicyclic) bond motifs is 1. The molecule has 0 heterocycles. The van der Waals surface area contributed by atoms with Gasteiger partial charge in [-0.25, -0.2) is 0 Å². The molecule has 4 heteroatoms. The lowest BCUT2D eigenvalue weighted by Crippen LogP contribution is -2.24. The van der Waals surface area contributed by atoms with E-state index in [4.69, 9.17) is 0 Å². The number of nitrogens with zero attached hydrogens (tertiary/aromatic N) is 1. The molecular weight excluding hydrogens is 264 g/mol. The van der Waals surface area contributed by atoms with Crippen molar-refractivity contribution in [3.8, 4) is 0 Å². The van der Waals surface area contributed by atoms with Crippen molar-refractivity contribution in [1.82, 2.24) is 5.32 Å². The highest BCUT2D eigenvalue weighted by Crippen LogP contribution is 2.29. The summed E-state index contributed by atoms with van der Waals surface area (Å²) in [6, 6.07) is 15.7. The number of benzene rings is 2. The minimum atomic E-state index is -0.348. The van der Waals surface area contributed by atoms with E-state index in [-0.39, 0.29) is 10.6 Å². The lowest BCUT2D eigenvalue weighted by Gasteiger charge is -2.26. The lowest BCUT2D eigenvalue weighted by atomic mass is 9.87. The third-order valence-corrected chi connectivity index (χ3v) is 4.04. The second-order valence-electron chi connectivity index (χ2n) is 5.45. The first kappa shape index (κ1) is 13.8. The molecule has 0 radical (unpaired) electrons. The fraction of sp³-hybridized carbons (Fsp3) is 0.294. The molecule has 0 aromatic heterocycles. The fourth-order valence-corrected chi connectivity index (χ4v) is 2.99. The van der Waals surface area contributed by atoms with E-state index in [1.807, 2.05) is 6.07 Å². The summed E-state index contributed by atoms with van der Waals surface area (Å²) in [6.07, 6.45) is 3.45.